The van der Waals surface area contributed by atoms with Gasteiger partial charge >= 0.3 is 11.9 Å². The highest BCUT2D eigenvalue weighted by molar-refractivity contribution is 5.91. The minimum atomic E-state index is -0.391. The van der Waals surface area contributed by atoms with Crippen LogP contribution in [0.2, 0.25) is 0 Å². The van der Waals surface area contributed by atoms with Gasteiger partial charge in [-0.3, -0.25) is 9.59 Å². The van der Waals surface area contributed by atoms with Crippen molar-refractivity contribution in [2.45, 2.75) is 51.4 Å². The average Bonchev–Trinajstić information content (AvgIpc) is 2.75. The predicted molar refractivity (Wildman–Crippen MR) is 117 cm³/mol. The first-order valence-electron chi connectivity index (χ1n) is 11.6. The molecule has 2 aliphatic heterocycles. The molecule has 168 valence electrons. The van der Waals surface area contributed by atoms with E-state index in [4.69, 9.17) is 18.9 Å². The van der Waals surface area contributed by atoms with Crippen molar-refractivity contribution in [2.24, 2.45) is 11.8 Å². The third kappa shape index (κ3) is 3.42. The number of esters is 2. The third-order valence-corrected chi connectivity index (χ3v) is 6.73. The summed E-state index contributed by atoms with van der Waals surface area (Å²) in [5.74, 6) is 0.485. The van der Waals surface area contributed by atoms with E-state index >= 15 is 0 Å². The molecule has 6 nitrogen and oxygen atoms in total. The molecule has 0 radical (unpaired) electrons. The molecule has 0 spiro atoms. The number of fused-ring (bicyclic) bond motifs is 8. The van der Waals surface area contributed by atoms with Gasteiger partial charge < -0.3 is 18.9 Å². The summed E-state index contributed by atoms with van der Waals surface area (Å²) >= 11 is 0. The van der Waals surface area contributed by atoms with Gasteiger partial charge in [-0.25, -0.2) is 0 Å². The van der Waals surface area contributed by atoms with E-state index in [1.807, 2.05) is 24.3 Å². The minimum Gasteiger partial charge on any atom is -0.493 e. The smallest absolute Gasteiger partial charge is 0.315 e. The molecular formula is C26H28O6. The lowest BCUT2D eigenvalue weighted by atomic mass is 9.51. The molecule has 32 heavy (non-hydrogen) atoms. The maximum absolute atomic E-state index is 13.0. The fraction of sp³-hybridized carbons (Fsp3) is 0.462. The Bertz CT molecular complexity index is 953. The van der Waals surface area contributed by atoms with Gasteiger partial charge in [-0.2, -0.15) is 0 Å². The van der Waals surface area contributed by atoms with Gasteiger partial charge in [0.2, 0.25) is 0 Å². The number of rotatable bonds is 8. The van der Waals surface area contributed by atoms with Crippen LogP contribution in [0.15, 0.2) is 36.4 Å². The van der Waals surface area contributed by atoms with Crippen molar-refractivity contribution in [2.75, 3.05) is 13.2 Å². The summed E-state index contributed by atoms with van der Waals surface area (Å²) in [6.07, 6.45) is 4.01. The fourth-order valence-electron chi connectivity index (χ4n) is 5.07. The molecule has 0 atom stereocenters. The zero-order chi connectivity index (χ0) is 22.2. The molecule has 0 saturated heterocycles. The molecule has 2 aromatic carbocycles. The number of hydrogen-bond donors (Lipinski definition) is 0. The topological polar surface area (TPSA) is 71.1 Å². The summed E-state index contributed by atoms with van der Waals surface area (Å²) in [7, 11) is 0. The van der Waals surface area contributed by atoms with Crippen molar-refractivity contribution in [3.05, 3.63) is 47.5 Å². The summed E-state index contributed by atoms with van der Waals surface area (Å²) in [4.78, 5) is 25.9. The van der Waals surface area contributed by atoms with Crippen molar-refractivity contribution in [1.29, 1.82) is 0 Å². The summed E-state index contributed by atoms with van der Waals surface area (Å²) in [6, 6.07) is 11.1. The Morgan fingerprint density at radius 3 is 1.53 bits per heavy atom. The second-order valence-electron chi connectivity index (χ2n) is 8.75. The predicted octanol–water partition coefficient (Wildman–Crippen LogP) is 5.00. The van der Waals surface area contributed by atoms with Gasteiger partial charge in [0.1, 0.15) is 23.0 Å². The van der Waals surface area contributed by atoms with Gasteiger partial charge in [0.05, 0.1) is 25.0 Å². The molecule has 1 aliphatic carbocycles. The van der Waals surface area contributed by atoms with Crippen molar-refractivity contribution in [3.63, 3.8) is 0 Å². The maximum atomic E-state index is 13.0. The number of ether oxygens (including phenoxy) is 4. The highest BCUT2D eigenvalue weighted by atomic mass is 16.5. The van der Waals surface area contributed by atoms with E-state index < -0.39 is 11.8 Å². The van der Waals surface area contributed by atoms with E-state index in [1.54, 1.807) is 12.1 Å². The van der Waals surface area contributed by atoms with Crippen molar-refractivity contribution in [1.82, 2.24) is 0 Å². The van der Waals surface area contributed by atoms with Crippen LogP contribution in [0, 0.1) is 11.8 Å². The highest BCUT2D eigenvalue weighted by Gasteiger charge is 2.64. The standard InChI is InChI=1S/C26H28O6/c1-3-5-11-29-15-7-9-17-19(13-15)31-25(27)23-21(17)24-22(23)18-10-8-16(30-12-6-4-2)14-20(18)32-26(24)28/h7-10,13-14,21-24H,3-6,11-12H2,1-2H3. The molecule has 2 heterocycles. The molecule has 5 rings (SSSR count). The van der Waals surface area contributed by atoms with Crippen LogP contribution in [0.4, 0.5) is 0 Å². The quantitative estimate of drug-likeness (QED) is 0.330. The monoisotopic (exact) mass is 436 g/mol. The lowest BCUT2D eigenvalue weighted by molar-refractivity contribution is -0.161. The molecule has 0 unspecified atom stereocenters. The van der Waals surface area contributed by atoms with E-state index in [2.05, 4.69) is 13.8 Å². The van der Waals surface area contributed by atoms with Gasteiger partial charge in [-0.15, -0.1) is 0 Å². The van der Waals surface area contributed by atoms with Gasteiger partial charge in [0, 0.05) is 35.1 Å². The molecule has 0 bridgehead atoms. The van der Waals surface area contributed by atoms with Gasteiger partial charge in [0.15, 0.2) is 0 Å². The Hall–Kier alpha value is -3.02. The molecule has 6 heteroatoms. The number of carbonyl (C=O) groups is 2. The summed E-state index contributed by atoms with van der Waals surface area (Å²) in [5.41, 5.74) is 1.75. The van der Waals surface area contributed by atoms with E-state index in [-0.39, 0.29) is 23.8 Å². The third-order valence-electron chi connectivity index (χ3n) is 6.73. The zero-order valence-corrected chi connectivity index (χ0v) is 18.5. The Labute approximate surface area is 187 Å². The SMILES string of the molecule is CCCCOc1ccc2c(c1)OC(=O)C1C2C2C(=O)Oc3cc(OCCCC)ccc3C12. The molecule has 2 aromatic rings. The first-order valence-corrected chi connectivity index (χ1v) is 11.6. The number of benzene rings is 2. The molecule has 1 saturated carbocycles. The molecule has 0 N–H and O–H groups in total. The number of hydrogen-bond acceptors (Lipinski definition) is 6. The van der Waals surface area contributed by atoms with Crippen LogP contribution in [0.25, 0.3) is 0 Å². The summed E-state index contributed by atoms with van der Waals surface area (Å²) in [5, 5.41) is 0. The molecule has 0 aromatic heterocycles. The minimum absolute atomic E-state index is 0.234. The van der Waals surface area contributed by atoms with Crippen molar-refractivity contribution >= 4 is 11.9 Å². The summed E-state index contributed by atoms with van der Waals surface area (Å²) in [6.45, 7) is 5.44. The first kappa shape index (κ1) is 20.9. The molecule has 0 amide bonds. The van der Waals surface area contributed by atoms with Crippen LogP contribution >= 0.6 is 0 Å². The highest BCUT2D eigenvalue weighted by Crippen LogP contribution is 2.64. The largest absolute Gasteiger partial charge is 0.493 e. The lowest BCUT2D eigenvalue weighted by Gasteiger charge is -2.53. The molecule has 1 fully saturated rings. The maximum Gasteiger partial charge on any atom is 0.315 e. The van der Waals surface area contributed by atoms with Crippen LogP contribution in [0.5, 0.6) is 23.0 Å². The van der Waals surface area contributed by atoms with Gasteiger partial charge in [-0.1, -0.05) is 38.8 Å². The Kier molecular flexibility index (Phi) is 5.53. The second-order valence-corrected chi connectivity index (χ2v) is 8.75. The molecule has 3 aliphatic rings. The zero-order valence-electron chi connectivity index (χ0n) is 18.5. The van der Waals surface area contributed by atoms with Gasteiger partial charge in [-0.05, 0) is 25.0 Å². The number of unbranched alkanes of at least 4 members (excludes halogenated alkanes) is 2. The fourth-order valence-corrected chi connectivity index (χ4v) is 5.07. The van der Waals surface area contributed by atoms with E-state index in [0.717, 1.165) is 36.8 Å². The Morgan fingerprint density at radius 1 is 0.688 bits per heavy atom. The van der Waals surface area contributed by atoms with E-state index in [9.17, 15) is 9.59 Å². The van der Waals surface area contributed by atoms with Crippen LogP contribution in [-0.2, 0) is 9.59 Å². The molecular weight excluding hydrogens is 408 g/mol. The van der Waals surface area contributed by atoms with Crippen molar-refractivity contribution in [3.8, 4) is 23.0 Å². The summed E-state index contributed by atoms with van der Waals surface area (Å²) < 4.78 is 22.9. The first-order chi connectivity index (χ1) is 15.6. The number of carbonyl (C=O) groups excluding carboxylic acids is 2. The second kappa shape index (κ2) is 8.49. The van der Waals surface area contributed by atoms with Crippen LogP contribution in [-0.4, -0.2) is 25.2 Å². The van der Waals surface area contributed by atoms with Crippen LogP contribution in [0.1, 0.15) is 62.5 Å². The van der Waals surface area contributed by atoms with Crippen LogP contribution in [0.3, 0.4) is 0 Å². The average molecular weight is 437 g/mol. The Balaban J connectivity index is 1.41. The lowest BCUT2D eigenvalue weighted by Crippen LogP contribution is -2.56. The van der Waals surface area contributed by atoms with Crippen LogP contribution < -0.4 is 18.9 Å². The van der Waals surface area contributed by atoms with Crippen molar-refractivity contribution < 1.29 is 28.5 Å². The normalized spacial score (nSPS) is 24.7. The van der Waals surface area contributed by atoms with E-state index in [1.165, 1.54) is 0 Å². The van der Waals surface area contributed by atoms with E-state index in [0.29, 0.717) is 36.2 Å². The Morgan fingerprint density at radius 2 is 1.12 bits per heavy atom. The van der Waals surface area contributed by atoms with Gasteiger partial charge in [0.25, 0.3) is 0 Å².